The maximum atomic E-state index is 5.76. The molecular weight excluding hydrogens is 218 g/mol. The lowest BCUT2D eigenvalue weighted by Crippen LogP contribution is -1.98. The second kappa shape index (κ2) is 4.66. The number of thiazole rings is 1. The van der Waals surface area contributed by atoms with E-state index in [1.54, 1.807) is 11.3 Å². The van der Waals surface area contributed by atoms with Gasteiger partial charge < -0.3 is 4.74 Å². The second-order valence-corrected chi connectivity index (χ2v) is 4.91. The lowest BCUT2D eigenvalue weighted by molar-refractivity contribution is 0.299. The van der Waals surface area contributed by atoms with Crippen LogP contribution in [0.2, 0.25) is 0 Å². The number of nitrogens with zero attached hydrogens (tertiary/aromatic N) is 1. The molecule has 0 atom stereocenters. The zero-order chi connectivity index (χ0) is 11.5. The maximum absolute atomic E-state index is 5.76. The summed E-state index contributed by atoms with van der Waals surface area (Å²) in [5.41, 5.74) is 3.46. The van der Waals surface area contributed by atoms with Gasteiger partial charge in [0.1, 0.15) is 12.4 Å². The molecule has 1 aromatic carbocycles. The summed E-state index contributed by atoms with van der Waals surface area (Å²) >= 11 is 1.66. The van der Waals surface area contributed by atoms with Gasteiger partial charge in [-0.05, 0) is 38.0 Å². The summed E-state index contributed by atoms with van der Waals surface area (Å²) in [5.74, 6) is 0.950. The first-order chi connectivity index (χ1) is 7.66. The molecule has 2 aromatic rings. The Morgan fingerprint density at radius 3 is 2.75 bits per heavy atom. The quantitative estimate of drug-likeness (QED) is 0.807. The SMILES string of the molecule is Cc1nc(COc2cccc(C)c2C)cs1. The molecule has 3 heteroatoms. The molecule has 0 saturated heterocycles. The van der Waals surface area contributed by atoms with E-state index >= 15 is 0 Å². The molecule has 0 amide bonds. The van der Waals surface area contributed by atoms with Gasteiger partial charge in [-0.3, -0.25) is 0 Å². The van der Waals surface area contributed by atoms with Crippen LogP contribution in [0, 0.1) is 20.8 Å². The van der Waals surface area contributed by atoms with E-state index in [1.165, 1.54) is 11.1 Å². The molecule has 0 saturated carbocycles. The normalized spacial score (nSPS) is 10.4. The van der Waals surface area contributed by atoms with Crippen LogP contribution in [0.4, 0.5) is 0 Å². The van der Waals surface area contributed by atoms with Gasteiger partial charge in [0.25, 0.3) is 0 Å². The zero-order valence-corrected chi connectivity index (χ0v) is 10.6. The lowest BCUT2D eigenvalue weighted by Gasteiger charge is -2.09. The third kappa shape index (κ3) is 2.42. The molecule has 1 heterocycles. The molecule has 0 unspecified atom stereocenters. The molecule has 84 valence electrons. The van der Waals surface area contributed by atoms with Crippen LogP contribution in [-0.2, 0) is 6.61 Å². The van der Waals surface area contributed by atoms with Gasteiger partial charge in [-0.25, -0.2) is 4.98 Å². The summed E-state index contributed by atoms with van der Waals surface area (Å²) in [7, 11) is 0. The lowest BCUT2D eigenvalue weighted by atomic mass is 10.1. The average Bonchev–Trinajstić information content (AvgIpc) is 2.67. The first-order valence-corrected chi connectivity index (χ1v) is 6.15. The van der Waals surface area contributed by atoms with E-state index in [2.05, 4.69) is 24.9 Å². The Morgan fingerprint density at radius 1 is 1.25 bits per heavy atom. The maximum Gasteiger partial charge on any atom is 0.131 e. The molecule has 1 aromatic heterocycles. The van der Waals surface area contributed by atoms with Crippen molar-refractivity contribution in [2.45, 2.75) is 27.4 Å². The molecule has 2 nitrogen and oxygen atoms in total. The van der Waals surface area contributed by atoms with Crippen LogP contribution in [0.25, 0.3) is 0 Å². The average molecular weight is 233 g/mol. The van der Waals surface area contributed by atoms with Gasteiger partial charge in [0, 0.05) is 5.38 Å². The van der Waals surface area contributed by atoms with Crippen molar-refractivity contribution in [2.24, 2.45) is 0 Å². The molecular formula is C13H15NOS. The third-order valence-corrected chi connectivity index (χ3v) is 3.42. The fourth-order valence-electron chi connectivity index (χ4n) is 1.51. The molecule has 0 aliphatic carbocycles. The van der Waals surface area contributed by atoms with Crippen LogP contribution in [-0.4, -0.2) is 4.98 Å². The fourth-order valence-corrected chi connectivity index (χ4v) is 2.10. The third-order valence-electron chi connectivity index (χ3n) is 2.60. The van der Waals surface area contributed by atoms with Gasteiger partial charge in [0.2, 0.25) is 0 Å². The molecule has 0 fully saturated rings. The number of hydrogen-bond acceptors (Lipinski definition) is 3. The van der Waals surface area contributed by atoms with E-state index in [4.69, 9.17) is 4.74 Å². The smallest absolute Gasteiger partial charge is 0.131 e. The Labute approximate surface area is 99.9 Å². The highest BCUT2D eigenvalue weighted by Crippen LogP contribution is 2.21. The van der Waals surface area contributed by atoms with E-state index in [9.17, 15) is 0 Å². The van der Waals surface area contributed by atoms with Crippen LogP contribution >= 0.6 is 11.3 Å². The van der Waals surface area contributed by atoms with Gasteiger partial charge >= 0.3 is 0 Å². The fraction of sp³-hybridized carbons (Fsp3) is 0.308. The van der Waals surface area contributed by atoms with Gasteiger partial charge in [0.15, 0.2) is 0 Å². The summed E-state index contributed by atoms with van der Waals surface area (Å²) in [6.07, 6.45) is 0. The van der Waals surface area contributed by atoms with Crippen LogP contribution in [0.3, 0.4) is 0 Å². The molecule has 0 bridgehead atoms. The molecule has 0 aliphatic rings. The highest BCUT2D eigenvalue weighted by Gasteiger charge is 2.03. The first-order valence-electron chi connectivity index (χ1n) is 5.27. The van der Waals surface area contributed by atoms with Crippen molar-refractivity contribution in [1.29, 1.82) is 0 Å². The van der Waals surface area contributed by atoms with Crippen molar-refractivity contribution in [3.05, 3.63) is 45.4 Å². The summed E-state index contributed by atoms with van der Waals surface area (Å²) < 4.78 is 5.76. The van der Waals surface area contributed by atoms with Crippen LogP contribution < -0.4 is 4.74 Å². The van der Waals surface area contributed by atoms with E-state index < -0.39 is 0 Å². The van der Waals surface area contributed by atoms with Gasteiger partial charge in [-0.1, -0.05) is 12.1 Å². The van der Waals surface area contributed by atoms with Crippen molar-refractivity contribution in [1.82, 2.24) is 4.98 Å². The Kier molecular flexibility index (Phi) is 3.25. The summed E-state index contributed by atoms with van der Waals surface area (Å²) in [5, 5.41) is 3.13. The molecule has 2 rings (SSSR count). The summed E-state index contributed by atoms with van der Waals surface area (Å²) in [4.78, 5) is 4.37. The first kappa shape index (κ1) is 11.1. The van der Waals surface area contributed by atoms with Crippen molar-refractivity contribution in [3.63, 3.8) is 0 Å². The second-order valence-electron chi connectivity index (χ2n) is 3.84. The highest BCUT2D eigenvalue weighted by atomic mass is 32.1. The van der Waals surface area contributed by atoms with Gasteiger partial charge in [-0.2, -0.15) is 0 Å². The van der Waals surface area contributed by atoms with E-state index in [-0.39, 0.29) is 0 Å². The Bertz CT molecular complexity index is 490. The summed E-state index contributed by atoms with van der Waals surface area (Å²) in [6.45, 7) is 6.73. The molecule has 0 aliphatic heterocycles. The monoisotopic (exact) mass is 233 g/mol. The minimum absolute atomic E-state index is 0.550. The number of ether oxygens (including phenoxy) is 1. The van der Waals surface area contributed by atoms with Crippen LogP contribution in [0.1, 0.15) is 21.8 Å². The Morgan fingerprint density at radius 2 is 2.06 bits per heavy atom. The number of benzene rings is 1. The summed E-state index contributed by atoms with van der Waals surface area (Å²) in [6, 6.07) is 6.11. The van der Waals surface area contributed by atoms with Crippen molar-refractivity contribution < 1.29 is 4.74 Å². The molecule has 0 radical (unpaired) electrons. The van der Waals surface area contributed by atoms with Crippen LogP contribution in [0.15, 0.2) is 23.6 Å². The van der Waals surface area contributed by atoms with Crippen LogP contribution in [0.5, 0.6) is 5.75 Å². The molecule has 16 heavy (non-hydrogen) atoms. The van der Waals surface area contributed by atoms with Gasteiger partial charge in [-0.15, -0.1) is 11.3 Å². The van der Waals surface area contributed by atoms with Crippen molar-refractivity contribution >= 4 is 11.3 Å². The van der Waals surface area contributed by atoms with Gasteiger partial charge in [0.05, 0.1) is 10.7 Å². The topological polar surface area (TPSA) is 22.1 Å². The predicted molar refractivity (Wildman–Crippen MR) is 67.1 cm³/mol. The highest BCUT2D eigenvalue weighted by molar-refractivity contribution is 7.09. The Hall–Kier alpha value is -1.35. The standard InChI is InChI=1S/C13H15NOS/c1-9-5-4-6-13(10(9)2)15-7-12-8-16-11(3)14-12/h4-6,8H,7H2,1-3H3. The minimum Gasteiger partial charge on any atom is -0.487 e. The van der Waals surface area contributed by atoms with Crippen molar-refractivity contribution in [2.75, 3.05) is 0 Å². The number of aromatic nitrogens is 1. The zero-order valence-electron chi connectivity index (χ0n) is 9.78. The number of rotatable bonds is 3. The molecule has 0 N–H and O–H groups in total. The van der Waals surface area contributed by atoms with E-state index in [1.807, 2.05) is 24.4 Å². The largest absolute Gasteiger partial charge is 0.487 e. The number of aryl methyl sites for hydroxylation is 2. The Balaban J connectivity index is 2.07. The minimum atomic E-state index is 0.550. The van der Waals surface area contributed by atoms with Crippen molar-refractivity contribution in [3.8, 4) is 5.75 Å². The predicted octanol–water partition coefficient (Wildman–Crippen LogP) is 3.65. The van der Waals surface area contributed by atoms with E-state index in [0.29, 0.717) is 6.61 Å². The number of hydrogen-bond donors (Lipinski definition) is 0. The van der Waals surface area contributed by atoms with E-state index in [0.717, 1.165) is 16.5 Å². The molecule has 0 spiro atoms.